The summed E-state index contributed by atoms with van der Waals surface area (Å²) >= 11 is 3.48. The molecule has 1 aliphatic heterocycles. The van der Waals surface area contributed by atoms with Crippen LogP contribution >= 0.6 is 15.9 Å². The van der Waals surface area contributed by atoms with Crippen LogP contribution in [-0.2, 0) is 26.0 Å². The standard InChI is InChI=1S/C15H19BrN4O/c16-12-4-5-13(11(9-12)6-7-17)21-10-15-19-18-14-3-1-2-8-20(14)15/h4-5,9H,1-3,6-8,10,17H2. The molecule has 112 valence electrons. The number of hydrogen-bond donors (Lipinski definition) is 1. The summed E-state index contributed by atoms with van der Waals surface area (Å²) in [7, 11) is 0. The fraction of sp³-hybridized carbons (Fsp3) is 0.467. The fourth-order valence-corrected chi connectivity index (χ4v) is 3.07. The highest BCUT2D eigenvalue weighted by Gasteiger charge is 2.16. The number of nitrogens with two attached hydrogens (primary N) is 1. The highest BCUT2D eigenvalue weighted by atomic mass is 79.9. The number of aromatic nitrogens is 3. The van der Waals surface area contributed by atoms with Crippen LogP contribution in [0.15, 0.2) is 22.7 Å². The predicted molar refractivity (Wildman–Crippen MR) is 84.2 cm³/mol. The van der Waals surface area contributed by atoms with Gasteiger partial charge in [-0.1, -0.05) is 15.9 Å². The van der Waals surface area contributed by atoms with E-state index in [9.17, 15) is 0 Å². The molecule has 2 aromatic rings. The summed E-state index contributed by atoms with van der Waals surface area (Å²) in [5, 5.41) is 8.51. The van der Waals surface area contributed by atoms with Gasteiger partial charge in [-0.25, -0.2) is 0 Å². The predicted octanol–water partition coefficient (Wildman–Crippen LogP) is 2.46. The van der Waals surface area contributed by atoms with Crippen LogP contribution in [0.3, 0.4) is 0 Å². The quantitative estimate of drug-likeness (QED) is 0.899. The van der Waals surface area contributed by atoms with Crippen LogP contribution in [-0.4, -0.2) is 21.3 Å². The van der Waals surface area contributed by atoms with Gasteiger partial charge in [0.15, 0.2) is 5.82 Å². The highest BCUT2D eigenvalue weighted by Crippen LogP contribution is 2.24. The molecule has 6 heteroatoms. The number of hydrogen-bond acceptors (Lipinski definition) is 4. The summed E-state index contributed by atoms with van der Waals surface area (Å²) in [5.41, 5.74) is 6.78. The van der Waals surface area contributed by atoms with Gasteiger partial charge in [-0.2, -0.15) is 0 Å². The van der Waals surface area contributed by atoms with Crippen molar-refractivity contribution in [2.45, 2.75) is 38.8 Å². The zero-order chi connectivity index (χ0) is 14.7. The van der Waals surface area contributed by atoms with Crippen LogP contribution in [0, 0.1) is 0 Å². The van der Waals surface area contributed by atoms with Gasteiger partial charge in [0.25, 0.3) is 0 Å². The van der Waals surface area contributed by atoms with Crippen LogP contribution in [0.4, 0.5) is 0 Å². The Morgan fingerprint density at radius 2 is 2.19 bits per heavy atom. The molecule has 0 amide bonds. The molecular formula is C15H19BrN4O. The lowest BCUT2D eigenvalue weighted by atomic mass is 10.1. The maximum atomic E-state index is 5.96. The number of halogens is 1. The van der Waals surface area contributed by atoms with E-state index in [0.29, 0.717) is 13.2 Å². The number of rotatable bonds is 5. The fourth-order valence-electron chi connectivity index (χ4n) is 2.66. The molecule has 0 fully saturated rings. The Balaban J connectivity index is 1.74. The molecular weight excluding hydrogens is 332 g/mol. The molecule has 0 saturated carbocycles. The molecule has 1 aliphatic rings. The zero-order valence-electron chi connectivity index (χ0n) is 11.9. The second-order valence-electron chi connectivity index (χ2n) is 5.22. The molecule has 2 heterocycles. The lowest BCUT2D eigenvalue weighted by molar-refractivity contribution is 0.283. The van der Waals surface area contributed by atoms with Crippen LogP contribution in [0.5, 0.6) is 5.75 Å². The average molecular weight is 351 g/mol. The molecule has 2 N–H and O–H groups in total. The summed E-state index contributed by atoms with van der Waals surface area (Å²) in [6, 6.07) is 6.01. The van der Waals surface area contributed by atoms with Crippen molar-refractivity contribution < 1.29 is 4.74 Å². The van der Waals surface area contributed by atoms with Crippen molar-refractivity contribution in [3.05, 3.63) is 39.9 Å². The Morgan fingerprint density at radius 3 is 3.05 bits per heavy atom. The first-order chi connectivity index (χ1) is 10.3. The molecule has 0 radical (unpaired) electrons. The summed E-state index contributed by atoms with van der Waals surface area (Å²) in [6.07, 6.45) is 4.21. The molecule has 1 aromatic heterocycles. The average Bonchev–Trinajstić information content (AvgIpc) is 2.90. The highest BCUT2D eigenvalue weighted by molar-refractivity contribution is 9.10. The van der Waals surface area contributed by atoms with Crippen molar-refractivity contribution in [1.82, 2.24) is 14.8 Å². The number of aryl methyl sites for hydroxylation is 1. The Kier molecular flexibility index (Phi) is 4.55. The van der Waals surface area contributed by atoms with Gasteiger partial charge in [-0.3, -0.25) is 0 Å². The minimum Gasteiger partial charge on any atom is -0.485 e. The van der Waals surface area contributed by atoms with Gasteiger partial charge in [0, 0.05) is 17.4 Å². The van der Waals surface area contributed by atoms with Crippen molar-refractivity contribution in [3.63, 3.8) is 0 Å². The minimum atomic E-state index is 0.451. The van der Waals surface area contributed by atoms with Gasteiger partial charge in [0.05, 0.1) is 0 Å². The van der Waals surface area contributed by atoms with Crippen molar-refractivity contribution >= 4 is 15.9 Å². The van der Waals surface area contributed by atoms with Gasteiger partial charge < -0.3 is 15.0 Å². The molecule has 0 spiro atoms. The summed E-state index contributed by atoms with van der Waals surface area (Å²) < 4.78 is 9.18. The first-order valence-corrected chi connectivity index (χ1v) is 8.09. The van der Waals surface area contributed by atoms with Crippen molar-refractivity contribution in [1.29, 1.82) is 0 Å². The van der Waals surface area contributed by atoms with E-state index in [1.165, 1.54) is 12.8 Å². The lowest BCUT2D eigenvalue weighted by Gasteiger charge is -2.16. The van der Waals surface area contributed by atoms with E-state index >= 15 is 0 Å². The van der Waals surface area contributed by atoms with E-state index in [1.807, 2.05) is 12.1 Å². The van der Waals surface area contributed by atoms with Crippen molar-refractivity contribution in [3.8, 4) is 5.75 Å². The molecule has 0 aliphatic carbocycles. The number of benzene rings is 1. The summed E-state index contributed by atoms with van der Waals surface area (Å²) in [6.45, 7) is 2.05. The number of nitrogens with zero attached hydrogens (tertiary/aromatic N) is 3. The Bertz CT molecular complexity index is 626. The molecule has 0 unspecified atom stereocenters. The second-order valence-corrected chi connectivity index (χ2v) is 6.14. The SMILES string of the molecule is NCCc1cc(Br)ccc1OCc1nnc2n1CCCC2. The normalized spacial score (nSPS) is 14.0. The van der Waals surface area contributed by atoms with E-state index in [-0.39, 0.29) is 0 Å². The van der Waals surface area contributed by atoms with Gasteiger partial charge in [-0.05, 0) is 49.6 Å². The maximum Gasteiger partial charge on any atom is 0.171 e. The first kappa shape index (κ1) is 14.5. The summed E-state index contributed by atoms with van der Waals surface area (Å²) in [4.78, 5) is 0. The van der Waals surface area contributed by atoms with E-state index in [0.717, 1.165) is 46.8 Å². The van der Waals surface area contributed by atoms with Crippen LogP contribution < -0.4 is 10.5 Å². The lowest BCUT2D eigenvalue weighted by Crippen LogP contribution is -2.15. The number of ether oxygens (including phenoxy) is 1. The third kappa shape index (κ3) is 3.27. The van der Waals surface area contributed by atoms with Gasteiger partial charge >= 0.3 is 0 Å². The molecule has 21 heavy (non-hydrogen) atoms. The molecule has 0 atom stereocenters. The molecule has 5 nitrogen and oxygen atoms in total. The summed E-state index contributed by atoms with van der Waals surface area (Å²) in [5.74, 6) is 2.86. The largest absolute Gasteiger partial charge is 0.485 e. The zero-order valence-corrected chi connectivity index (χ0v) is 13.5. The molecule has 3 rings (SSSR count). The van der Waals surface area contributed by atoms with Gasteiger partial charge in [0.2, 0.25) is 0 Å². The van der Waals surface area contributed by atoms with E-state index in [4.69, 9.17) is 10.5 Å². The first-order valence-electron chi connectivity index (χ1n) is 7.30. The maximum absolute atomic E-state index is 5.96. The van der Waals surface area contributed by atoms with Crippen molar-refractivity contribution in [2.24, 2.45) is 5.73 Å². The van der Waals surface area contributed by atoms with Gasteiger partial charge in [0.1, 0.15) is 18.2 Å². The topological polar surface area (TPSA) is 66.0 Å². The smallest absolute Gasteiger partial charge is 0.171 e. The Hall–Kier alpha value is -1.40. The van der Waals surface area contributed by atoms with E-state index < -0.39 is 0 Å². The third-order valence-electron chi connectivity index (χ3n) is 3.73. The third-order valence-corrected chi connectivity index (χ3v) is 4.22. The monoisotopic (exact) mass is 350 g/mol. The van der Waals surface area contributed by atoms with E-state index in [2.05, 4.69) is 36.8 Å². The Morgan fingerprint density at radius 1 is 1.29 bits per heavy atom. The van der Waals surface area contributed by atoms with E-state index in [1.54, 1.807) is 0 Å². The molecule has 1 aromatic carbocycles. The minimum absolute atomic E-state index is 0.451. The van der Waals surface area contributed by atoms with Crippen molar-refractivity contribution in [2.75, 3.05) is 6.54 Å². The second kappa shape index (κ2) is 6.58. The Labute approximate surface area is 132 Å². The van der Waals surface area contributed by atoms with Gasteiger partial charge in [-0.15, -0.1) is 10.2 Å². The molecule has 0 saturated heterocycles. The van der Waals surface area contributed by atoms with Crippen LogP contribution in [0.1, 0.15) is 30.1 Å². The number of fused-ring (bicyclic) bond motifs is 1. The van der Waals surface area contributed by atoms with Crippen LogP contribution in [0.2, 0.25) is 0 Å². The van der Waals surface area contributed by atoms with Crippen LogP contribution in [0.25, 0.3) is 0 Å². The molecule has 0 bridgehead atoms.